The van der Waals surface area contributed by atoms with Crippen molar-refractivity contribution in [2.24, 2.45) is 0 Å². The lowest BCUT2D eigenvalue weighted by atomic mass is 9.96. The summed E-state index contributed by atoms with van der Waals surface area (Å²) in [4.78, 5) is 31.8. The van der Waals surface area contributed by atoms with Gasteiger partial charge in [-0.1, -0.05) is 0 Å². The zero-order valence-corrected chi connectivity index (χ0v) is 32.9. The lowest BCUT2D eigenvalue weighted by molar-refractivity contribution is -0.0429. The molecule has 2 unspecified atom stereocenters. The number of ether oxygens (including phenoxy) is 2. The number of likely N-dealkylation sites (N-methyl/N-ethyl adjacent to an activating group) is 2. The molecule has 0 bridgehead atoms. The van der Waals surface area contributed by atoms with E-state index in [9.17, 15) is 31.2 Å². The molecule has 0 aromatic heterocycles. The second-order valence-electron chi connectivity index (χ2n) is 13.4. The molecular formula is C27H37F3I3N3O6S. The number of hydrogen-bond donors (Lipinski definition) is 1. The van der Waals surface area contributed by atoms with Gasteiger partial charge in [0.2, 0.25) is 0 Å². The highest BCUT2D eigenvalue weighted by Gasteiger charge is 2.53. The first-order valence-corrected chi connectivity index (χ1v) is 18.0. The quantitative estimate of drug-likeness (QED) is 0.252. The highest BCUT2D eigenvalue weighted by Crippen LogP contribution is 2.45. The average Bonchev–Trinajstić information content (AvgIpc) is 3.08. The van der Waals surface area contributed by atoms with Crippen LogP contribution in [0.5, 0.6) is 0 Å². The summed E-state index contributed by atoms with van der Waals surface area (Å²) in [6.07, 6.45) is -0.257. The largest absolute Gasteiger partial charge is 0.516 e. The van der Waals surface area contributed by atoms with Crippen molar-refractivity contribution in [2.45, 2.75) is 108 Å². The number of esters is 2. The maximum atomic E-state index is 13.8. The molecule has 43 heavy (non-hydrogen) atoms. The molecule has 2 saturated heterocycles. The minimum absolute atomic E-state index is 0.0863. The minimum Gasteiger partial charge on any atom is -0.457 e. The van der Waals surface area contributed by atoms with E-state index >= 15 is 0 Å². The SMILES string of the molecule is CN1C(C)(C)CC(OC(=O)c2c(I)c(NS(=O)(=O)C(F)(F)F)c(I)c(C(=O)OC3CC(C)(C)N(C)C3(C)C)c2I)C1(C)C. The van der Waals surface area contributed by atoms with Crippen LogP contribution in [0.4, 0.5) is 18.9 Å². The molecule has 1 aromatic carbocycles. The van der Waals surface area contributed by atoms with Gasteiger partial charge >= 0.3 is 27.5 Å². The molecule has 9 nitrogen and oxygen atoms in total. The van der Waals surface area contributed by atoms with Gasteiger partial charge in [-0.25, -0.2) is 9.59 Å². The Labute approximate surface area is 292 Å². The van der Waals surface area contributed by atoms with Crippen LogP contribution in [0, 0.1) is 10.7 Å². The van der Waals surface area contributed by atoms with Crippen molar-refractivity contribution in [3.05, 3.63) is 21.8 Å². The zero-order valence-electron chi connectivity index (χ0n) is 25.6. The summed E-state index contributed by atoms with van der Waals surface area (Å²) in [7, 11) is -2.08. The van der Waals surface area contributed by atoms with Gasteiger partial charge in [-0.15, -0.1) is 0 Å². The molecule has 2 heterocycles. The van der Waals surface area contributed by atoms with Gasteiger partial charge in [0.1, 0.15) is 12.2 Å². The Bertz CT molecular complexity index is 1370. The lowest BCUT2D eigenvalue weighted by Gasteiger charge is -2.37. The van der Waals surface area contributed by atoms with Gasteiger partial charge in [0.05, 0.1) is 35.0 Å². The summed E-state index contributed by atoms with van der Waals surface area (Å²) in [5.41, 5.74) is -8.46. The smallest absolute Gasteiger partial charge is 0.457 e. The van der Waals surface area contributed by atoms with Crippen LogP contribution in [0.15, 0.2) is 0 Å². The van der Waals surface area contributed by atoms with E-state index in [0.717, 1.165) is 0 Å². The summed E-state index contributed by atoms with van der Waals surface area (Å²) in [6.45, 7) is 15.7. The third-order valence-electron chi connectivity index (χ3n) is 9.26. The maximum Gasteiger partial charge on any atom is 0.516 e. The first kappa shape index (κ1) is 37.3. The van der Waals surface area contributed by atoms with Crippen LogP contribution in [0.3, 0.4) is 0 Å². The van der Waals surface area contributed by atoms with Crippen LogP contribution in [0.25, 0.3) is 0 Å². The van der Waals surface area contributed by atoms with Gasteiger partial charge in [0.25, 0.3) is 0 Å². The molecule has 2 aliphatic rings. The third kappa shape index (κ3) is 6.65. The Balaban J connectivity index is 2.17. The number of halogens is 6. The molecule has 0 aliphatic carbocycles. The fourth-order valence-corrected chi connectivity index (χ4v) is 11.0. The number of hydrogen-bond acceptors (Lipinski definition) is 8. The monoisotopic (exact) mass is 969 g/mol. The predicted molar refractivity (Wildman–Crippen MR) is 183 cm³/mol. The van der Waals surface area contributed by atoms with Gasteiger partial charge in [0, 0.05) is 27.5 Å². The Morgan fingerprint density at radius 1 is 0.767 bits per heavy atom. The maximum absolute atomic E-state index is 13.8. The Kier molecular flexibility index (Phi) is 10.2. The summed E-state index contributed by atoms with van der Waals surface area (Å²) in [6, 6.07) is 0. The molecule has 0 radical (unpaired) electrons. The van der Waals surface area contributed by atoms with Crippen LogP contribution in [0.1, 0.15) is 88.9 Å². The Morgan fingerprint density at radius 2 is 1.09 bits per heavy atom. The number of carbonyl (C=O) groups is 2. The van der Waals surface area contributed by atoms with Crippen molar-refractivity contribution in [2.75, 3.05) is 18.8 Å². The van der Waals surface area contributed by atoms with Crippen LogP contribution in [-0.4, -0.2) is 84.1 Å². The van der Waals surface area contributed by atoms with E-state index < -0.39 is 56.4 Å². The minimum atomic E-state index is -5.90. The van der Waals surface area contributed by atoms with Gasteiger partial charge in [-0.3, -0.25) is 14.5 Å². The molecule has 0 saturated carbocycles. The van der Waals surface area contributed by atoms with Crippen LogP contribution < -0.4 is 4.72 Å². The molecule has 2 aliphatic heterocycles. The number of anilines is 1. The predicted octanol–water partition coefficient (Wildman–Crippen LogP) is 6.60. The first-order chi connectivity index (χ1) is 19.1. The molecule has 0 spiro atoms. The van der Waals surface area contributed by atoms with Crippen molar-refractivity contribution in [1.82, 2.24) is 9.80 Å². The molecule has 1 aromatic rings. The average molecular weight is 969 g/mol. The number of benzene rings is 1. The summed E-state index contributed by atoms with van der Waals surface area (Å²) in [5.74, 6) is -1.78. The second-order valence-corrected chi connectivity index (χ2v) is 18.3. The molecule has 16 heteroatoms. The van der Waals surface area contributed by atoms with E-state index in [0.29, 0.717) is 12.8 Å². The standard InChI is InChI=1S/C27H37F3I3N3O6S/c1-23(2)11-13(25(5,6)35(23)9)41-21(37)15-17(31)16(19(33)20(18(15)32)34-43(39,40)27(28,29)30)22(38)42-14-12-24(3,4)36(10)26(14,7)8/h13-14,34H,11-12H2,1-10H3. The molecule has 2 atom stereocenters. The number of rotatable bonds is 6. The zero-order chi connectivity index (χ0) is 33.5. The lowest BCUT2D eigenvalue weighted by Crippen LogP contribution is -2.49. The second kappa shape index (κ2) is 11.8. The van der Waals surface area contributed by atoms with Crippen molar-refractivity contribution in [3.63, 3.8) is 0 Å². The van der Waals surface area contributed by atoms with Gasteiger partial charge in [-0.2, -0.15) is 21.6 Å². The van der Waals surface area contributed by atoms with Crippen molar-refractivity contribution < 1.29 is 40.7 Å². The van der Waals surface area contributed by atoms with Gasteiger partial charge < -0.3 is 9.47 Å². The van der Waals surface area contributed by atoms with Crippen LogP contribution in [0.2, 0.25) is 0 Å². The normalized spacial score (nSPS) is 25.0. The number of sulfonamides is 1. The third-order valence-corrected chi connectivity index (χ3v) is 13.6. The van der Waals surface area contributed by atoms with Crippen molar-refractivity contribution >= 4 is 95.4 Å². The van der Waals surface area contributed by atoms with E-state index in [4.69, 9.17) is 9.47 Å². The molecule has 244 valence electrons. The van der Waals surface area contributed by atoms with Crippen LogP contribution >= 0.6 is 67.8 Å². The fourth-order valence-electron chi connectivity index (χ4n) is 5.73. The van der Waals surface area contributed by atoms with E-state index in [1.807, 2.05) is 69.5 Å². The molecule has 1 N–H and O–H groups in total. The van der Waals surface area contributed by atoms with E-state index in [1.54, 1.807) is 72.5 Å². The van der Waals surface area contributed by atoms with E-state index in [1.165, 1.54) is 0 Å². The number of nitrogens with zero attached hydrogens (tertiary/aromatic N) is 2. The summed E-state index contributed by atoms with van der Waals surface area (Å²) >= 11 is 5.00. The number of nitrogens with one attached hydrogen (secondary N) is 1. The number of alkyl halides is 3. The Hall–Kier alpha value is -0.190. The molecular weight excluding hydrogens is 932 g/mol. The fraction of sp³-hybridized carbons (Fsp3) is 0.704. The van der Waals surface area contributed by atoms with Crippen molar-refractivity contribution in [1.29, 1.82) is 0 Å². The summed E-state index contributed by atoms with van der Waals surface area (Å²) in [5, 5.41) is 0. The summed E-state index contributed by atoms with van der Waals surface area (Å²) < 4.78 is 78.2. The highest BCUT2D eigenvalue weighted by molar-refractivity contribution is 14.1. The molecule has 2 fully saturated rings. The van der Waals surface area contributed by atoms with Gasteiger partial charge in [-0.05, 0) is 137 Å². The molecule has 0 amide bonds. The Morgan fingerprint density at radius 3 is 1.35 bits per heavy atom. The first-order valence-electron chi connectivity index (χ1n) is 13.3. The number of likely N-dealkylation sites (tertiary alicyclic amines) is 2. The van der Waals surface area contributed by atoms with Gasteiger partial charge in [0.15, 0.2) is 0 Å². The van der Waals surface area contributed by atoms with Crippen molar-refractivity contribution in [3.8, 4) is 0 Å². The molecule has 3 rings (SSSR count). The topological polar surface area (TPSA) is 105 Å². The number of carbonyl (C=O) groups excluding carboxylic acids is 2. The van der Waals surface area contributed by atoms with Crippen LogP contribution in [-0.2, 0) is 19.5 Å². The highest BCUT2D eigenvalue weighted by atomic mass is 127. The van der Waals surface area contributed by atoms with E-state index in [2.05, 4.69) is 9.80 Å². The van der Waals surface area contributed by atoms with E-state index in [-0.39, 0.29) is 32.9 Å².